The van der Waals surface area contributed by atoms with Gasteiger partial charge in [0, 0.05) is 25.0 Å². The lowest BCUT2D eigenvalue weighted by Gasteiger charge is -2.25. The van der Waals surface area contributed by atoms with Crippen molar-refractivity contribution in [1.29, 1.82) is 0 Å². The van der Waals surface area contributed by atoms with E-state index >= 15 is 0 Å². The van der Waals surface area contributed by atoms with Gasteiger partial charge in [0.25, 0.3) is 5.91 Å². The van der Waals surface area contributed by atoms with Crippen LogP contribution in [0.25, 0.3) is 5.69 Å². The summed E-state index contributed by atoms with van der Waals surface area (Å²) in [5, 5.41) is 0. The van der Waals surface area contributed by atoms with E-state index in [0.29, 0.717) is 32.0 Å². The minimum Gasteiger partial charge on any atom is -0.378 e. The first kappa shape index (κ1) is 12.8. The molecule has 6 heteroatoms. The van der Waals surface area contributed by atoms with Gasteiger partial charge < -0.3 is 14.2 Å². The Morgan fingerprint density at radius 1 is 1.20 bits per heavy atom. The maximum Gasteiger partial charge on any atom is 0.274 e. The van der Waals surface area contributed by atoms with Crippen LogP contribution in [-0.2, 0) is 4.74 Å². The minimum absolute atomic E-state index is 0.103. The third-order valence-electron chi connectivity index (χ3n) is 3.22. The Morgan fingerprint density at radius 2 is 1.90 bits per heavy atom. The van der Waals surface area contributed by atoms with Crippen molar-refractivity contribution in [2.75, 3.05) is 26.3 Å². The molecular formula is C14H14FN3O2. The smallest absolute Gasteiger partial charge is 0.274 e. The number of hydrogen-bond donors (Lipinski definition) is 0. The summed E-state index contributed by atoms with van der Waals surface area (Å²) in [6.07, 6.45) is 3.21. The molecule has 0 bridgehead atoms. The fraction of sp³-hybridized carbons (Fsp3) is 0.286. The Hall–Kier alpha value is -2.21. The van der Waals surface area contributed by atoms with Gasteiger partial charge in [-0.1, -0.05) is 0 Å². The molecule has 1 aliphatic rings. The van der Waals surface area contributed by atoms with E-state index in [1.807, 2.05) is 0 Å². The summed E-state index contributed by atoms with van der Waals surface area (Å²) in [6, 6.07) is 6.03. The van der Waals surface area contributed by atoms with Crippen molar-refractivity contribution in [3.63, 3.8) is 0 Å². The molecule has 3 rings (SSSR count). The predicted octanol–water partition coefficient (Wildman–Crippen LogP) is 1.48. The zero-order valence-corrected chi connectivity index (χ0v) is 10.8. The van der Waals surface area contributed by atoms with Crippen LogP contribution in [0.2, 0.25) is 0 Å². The van der Waals surface area contributed by atoms with E-state index in [-0.39, 0.29) is 11.7 Å². The van der Waals surface area contributed by atoms with Crippen molar-refractivity contribution in [1.82, 2.24) is 14.5 Å². The van der Waals surface area contributed by atoms with E-state index in [9.17, 15) is 9.18 Å². The Bertz CT molecular complexity index is 603. The van der Waals surface area contributed by atoms with Crippen molar-refractivity contribution in [2.45, 2.75) is 0 Å². The van der Waals surface area contributed by atoms with Crippen LogP contribution in [0.3, 0.4) is 0 Å². The quantitative estimate of drug-likeness (QED) is 0.834. The summed E-state index contributed by atoms with van der Waals surface area (Å²) in [4.78, 5) is 18.1. The molecule has 0 spiro atoms. The average Bonchev–Trinajstić information content (AvgIpc) is 2.98. The number of rotatable bonds is 2. The topological polar surface area (TPSA) is 47.4 Å². The number of ether oxygens (including phenoxy) is 1. The number of aromatic nitrogens is 2. The van der Waals surface area contributed by atoms with Crippen LogP contribution in [0.1, 0.15) is 10.5 Å². The molecule has 20 heavy (non-hydrogen) atoms. The summed E-state index contributed by atoms with van der Waals surface area (Å²) >= 11 is 0. The van der Waals surface area contributed by atoms with Crippen molar-refractivity contribution < 1.29 is 13.9 Å². The number of nitrogens with zero attached hydrogens (tertiary/aromatic N) is 3. The van der Waals surface area contributed by atoms with Crippen LogP contribution >= 0.6 is 0 Å². The molecule has 1 amide bonds. The van der Waals surface area contributed by atoms with E-state index in [0.717, 1.165) is 5.69 Å². The lowest BCUT2D eigenvalue weighted by molar-refractivity contribution is 0.0299. The summed E-state index contributed by atoms with van der Waals surface area (Å²) in [5.41, 5.74) is 1.15. The van der Waals surface area contributed by atoms with Crippen molar-refractivity contribution in [2.24, 2.45) is 0 Å². The summed E-state index contributed by atoms with van der Waals surface area (Å²) in [7, 11) is 0. The van der Waals surface area contributed by atoms with Gasteiger partial charge in [-0.2, -0.15) is 0 Å². The molecular weight excluding hydrogens is 261 g/mol. The SMILES string of the molecule is O=C(c1cn(-c2ccc(F)cc2)cn1)N1CCOCC1. The van der Waals surface area contributed by atoms with Gasteiger partial charge in [-0.3, -0.25) is 4.79 Å². The van der Waals surface area contributed by atoms with Crippen LogP contribution in [-0.4, -0.2) is 46.7 Å². The molecule has 1 fully saturated rings. The van der Waals surface area contributed by atoms with Crippen LogP contribution in [0.4, 0.5) is 4.39 Å². The van der Waals surface area contributed by atoms with Gasteiger partial charge in [0.15, 0.2) is 0 Å². The number of benzene rings is 1. The molecule has 0 saturated carbocycles. The number of morpholine rings is 1. The first-order valence-corrected chi connectivity index (χ1v) is 6.41. The summed E-state index contributed by atoms with van der Waals surface area (Å²) in [5.74, 6) is -0.396. The van der Waals surface area contributed by atoms with Gasteiger partial charge in [-0.15, -0.1) is 0 Å². The lowest BCUT2D eigenvalue weighted by atomic mass is 10.3. The Labute approximate surface area is 115 Å². The monoisotopic (exact) mass is 275 g/mol. The van der Waals surface area contributed by atoms with E-state index in [4.69, 9.17) is 4.74 Å². The van der Waals surface area contributed by atoms with Gasteiger partial charge in [0.05, 0.1) is 13.2 Å². The van der Waals surface area contributed by atoms with Crippen LogP contribution in [0, 0.1) is 5.82 Å². The van der Waals surface area contributed by atoms with Gasteiger partial charge >= 0.3 is 0 Å². The minimum atomic E-state index is -0.293. The largest absolute Gasteiger partial charge is 0.378 e. The van der Waals surface area contributed by atoms with Gasteiger partial charge in [-0.25, -0.2) is 9.37 Å². The highest BCUT2D eigenvalue weighted by Crippen LogP contribution is 2.11. The molecule has 104 valence electrons. The average molecular weight is 275 g/mol. The molecule has 1 aromatic heterocycles. The number of halogens is 1. The Morgan fingerprint density at radius 3 is 2.60 bits per heavy atom. The fourth-order valence-corrected chi connectivity index (χ4v) is 2.12. The van der Waals surface area contributed by atoms with Gasteiger partial charge in [0.2, 0.25) is 0 Å². The first-order valence-electron chi connectivity index (χ1n) is 6.41. The van der Waals surface area contributed by atoms with Gasteiger partial charge in [0.1, 0.15) is 17.8 Å². The van der Waals surface area contributed by atoms with Crippen molar-refractivity contribution >= 4 is 5.91 Å². The maximum absolute atomic E-state index is 12.9. The number of hydrogen-bond acceptors (Lipinski definition) is 3. The maximum atomic E-state index is 12.9. The van der Waals surface area contributed by atoms with Gasteiger partial charge in [-0.05, 0) is 24.3 Å². The number of imidazole rings is 1. The second-order valence-corrected chi connectivity index (χ2v) is 4.55. The molecule has 0 atom stereocenters. The molecule has 1 aliphatic heterocycles. The predicted molar refractivity (Wildman–Crippen MR) is 70.2 cm³/mol. The normalized spacial score (nSPS) is 15.3. The zero-order chi connectivity index (χ0) is 13.9. The molecule has 0 radical (unpaired) electrons. The molecule has 2 heterocycles. The van der Waals surface area contributed by atoms with Crippen molar-refractivity contribution in [3.05, 3.63) is 48.3 Å². The van der Waals surface area contributed by atoms with Crippen molar-refractivity contribution in [3.8, 4) is 5.69 Å². The van der Waals surface area contributed by atoms with E-state index in [2.05, 4.69) is 4.98 Å². The molecule has 1 saturated heterocycles. The molecule has 5 nitrogen and oxygen atoms in total. The summed E-state index contributed by atoms with van der Waals surface area (Å²) in [6.45, 7) is 2.29. The second kappa shape index (κ2) is 5.42. The third-order valence-corrected chi connectivity index (χ3v) is 3.22. The standard InChI is InChI=1S/C14H14FN3O2/c15-11-1-3-12(4-2-11)18-9-13(16-10-18)14(19)17-5-7-20-8-6-17/h1-4,9-10H,5-8H2. The Balaban J connectivity index is 1.79. The highest BCUT2D eigenvalue weighted by Gasteiger charge is 2.20. The number of amides is 1. The van der Waals surface area contributed by atoms with E-state index in [1.54, 1.807) is 34.1 Å². The lowest BCUT2D eigenvalue weighted by Crippen LogP contribution is -2.40. The highest BCUT2D eigenvalue weighted by molar-refractivity contribution is 5.92. The molecule has 0 N–H and O–H groups in total. The summed E-state index contributed by atoms with van der Waals surface area (Å²) < 4.78 is 19.8. The Kier molecular flexibility index (Phi) is 3.47. The zero-order valence-electron chi connectivity index (χ0n) is 10.8. The van der Waals surface area contributed by atoms with E-state index < -0.39 is 0 Å². The fourth-order valence-electron chi connectivity index (χ4n) is 2.12. The van der Waals surface area contributed by atoms with Crippen LogP contribution in [0.15, 0.2) is 36.8 Å². The first-order chi connectivity index (χ1) is 9.74. The number of carbonyl (C=O) groups excluding carboxylic acids is 1. The van der Waals surface area contributed by atoms with E-state index in [1.165, 1.54) is 12.1 Å². The van der Waals surface area contributed by atoms with Crippen LogP contribution in [0.5, 0.6) is 0 Å². The molecule has 1 aromatic carbocycles. The highest BCUT2D eigenvalue weighted by atomic mass is 19.1. The van der Waals surface area contributed by atoms with Crippen LogP contribution < -0.4 is 0 Å². The number of carbonyl (C=O) groups is 1. The molecule has 2 aromatic rings. The molecule has 0 unspecified atom stereocenters. The third kappa shape index (κ3) is 2.55. The second-order valence-electron chi connectivity index (χ2n) is 4.55. The molecule has 0 aliphatic carbocycles.